The Kier molecular flexibility index (Phi) is 5.49. The molecule has 0 fully saturated rings. The number of esters is 1. The van der Waals surface area contributed by atoms with Crippen molar-refractivity contribution >= 4 is 17.4 Å². The number of carbonyl (C=O) groups is 2. The van der Waals surface area contributed by atoms with Gasteiger partial charge in [-0.25, -0.2) is 4.79 Å². The Labute approximate surface area is 144 Å². The number of ketones is 1. The van der Waals surface area contributed by atoms with E-state index in [9.17, 15) is 19.7 Å². The van der Waals surface area contributed by atoms with E-state index >= 15 is 0 Å². The molecule has 2 rings (SSSR count). The smallest absolute Gasteiger partial charge is 0.338 e. The van der Waals surface area contributed by atoms with Gasteiger partial charge in [0, 0.05) is 11.6 Å². The van der Waals surface area contributed by atoms with Gasteiger partial charge in [-0.3, -0.25) is 14.9 Å². The standard InChI is InChI=1S/C18H17NO6/c1-11-4-5-13(8-12(11)2)16(20)10-25-17-7-6-14(18(21)24-3)9-15(17)19(22)23/h4-9H,10H2,1-3H3. The second-order valence-corrected chi connectivity index (χ2v) is 5.44. The number of ether oxygens (including phenoxy) is 2. The first-order valence-electron chi connectivity index (χ1n) is 7.43. The van der Waals surface area contributed by atoms with Crippen molar-refractivity contribution in [1.82, 2.24) is 0 Å². The van der Waals surface area contributed by atoms with Crippen LogP contribution in [-0.4, -0.2) is 30.4 Å². The quantitative estimate of drug-likeness (QED) is 0.346. The zero-order valence-corrected chi connectivity index (χ0v) is 14.1. The monoisotopic (exact) mass is 343 g/mol. The minimum Gasteiger partial charge on any atom is -0.478 e. The molecule has 0 aliphatic carbocycles. The number of hydrogen-bond donors (Lipinski definition) is 0. The fourth-order valence-corrected chi connectivity index (χ4v) is 2.17. The fraction of sp³-hybridized carbons (Fsp3) is 0.222. The topological polar surface area (TPSA) is 95.7 Å². The van der Waals surface area contributed by atoms with Gasteiger partial charge in [0.2, 0.25) is 0 Å². The van der Waals surface area contributed by atoms with Crippen LogP contribution < -0.4 is 4.74 Å². The first kappa shape index (κ1) is 18.1. The third-order valence-corrected chi connectivity index (χ3v) is 3.76. The second-order valence-electron chi connectivity index (χ2n) is 5.44. The molecule has 0 saturated heterocycles. The Bertz CT molecular complexity index is 843. The molecule has 0 aliphatic rings. The Morgan fingerprint density at radius 1 is 1.04 bits per heavy atom. The van der Waals surface area contributed by atoms with Crippen LogP contribution in [0.2, 0.25) is 0 Å². The molecular weight excluding hydrogens is 326 g/mol. The highest BCUT2D eigenvalue weighted by Gasteiger charge is 2.20. The van der Waals surface area contributed by atoms with Gasteiger partial charge >= 0.3 is 11.7 Å². The third-order valence-electron chi connectivity index (χ3n) is 3.76. The zero-order valence-electron chi connectivity index (χ0n) is 14.1. The summed E-state index contributed by atoms with van der Waals surface area (Å²) in [6.45, 7) is 3.48. The van der Waals surface area contributed by atoms with Gasteiger partial charge < -0.3 is 9.47 Å². The van der Waals surface area contributed by atoms with E-state index in [-0.39, 0.29) is 23.7 Å². The van der Waals surface area contributed by atoms with Crippen LogP contribution in [0.5, 0.6) is 5.75 Å². The normalized spacial score (nSPS) is 10.2. The summed E-state index contributed by atoms with van der Waals surface area (Å²) in [6, 6.07) is 8.93. The van der Waals surface area contributed by atoms with Crippen LogP contribution in [-0.2, 0) is 4.74 Å². The molecule has 25 heavy (non-hydrogen) atoms. The molecule has 0 aromatic heterocycles. The summed E-state index contributed by atoms with van der Waals surface area (Å²) in [6.07, 6.45) is 0. The number of nitrogens with zero attached hydrogens (tertiary/aromatic N) is 1. The molecule has 0 radical (unpaired) electrons. The number of hydrogen-bond acceptors (Lipinski definition) is 6. The van der Waals surface area contributed by atoms with Crippen LogP contribution in [0, 0.1) is 24.0 Å². The van der Waals surface area contributed by atoms with E-state index < -0.39 is 16.6 Å². The summed E-state index contributed by atoms with van der Waals surface area (Å²) in [5.74, 6) is -1.08. The zero-order chi connectivity index (χ0) is 18.6. The van der Waals surface area contributed by atoms with Gasteiger partial charge in [0.25, 0.3) is 0 Å². The summed E-state index contributed by atoms with van der Waals surface area (Å²) >= 11 is 0. The molecule has 130 valence electrons. The van der Waals surface area contributed by atoms with Crippen LogP contribution in [0.15, 0.2) is 36.4 Å². The highest BCUT2D eigenvalue weighted by molar-refractivity contribution is 5.97. The van der Waals surface area contributed by atoms with Crippen molar-refractivity contribution in [3.05, 3.63) is 68.8 Å². The molecule has 0 saturated carbocycles. The number of carbonyl (C=O) groups excluding carboxylic acids is 2. The van der Waals surface area contributed by atoms with E-state index in [4.69, 9.17) is 4.74 Å². The Morgan fingerprint density at radius 3 is 2.32 bits per heavy atom. The maximum absolute atomic E-state index is 12.2. The summed E-state index contributed by atoms with van der Waals surface area (Å²) < 4.78 is 9.84. The number of nitro groups is 1. The lowest BCUT2D eigenvalue weighted by Crippen LogP contribution is -2.13. The number of nitro benzene ring substituents is 1. The molecule has 0 unspecified atom stereocenters. The van der Waals surface area contributed by atoms with Crippen LogP contribution in [0.4, 0.5) is 5.69 Å². The molecule has 0 amide bonds. The van der Waals surface area contributed by atoms with Crippen LogP contribution in [0.25, 0.3) is 0 Å². The van der Waals surface area contributed by atoms with Gasteiger partial charge in [0.1, 0.15) is 0 Å². The van der Waals surface area contributed by atoms with Gasteiger partial charge in [0.05, 0.1) is 17.6 Å². The van der Waals surface area contributed by atoms with E-state index in [1.54, 1.807) is 12.1 Å². The number of rotatable bonds is 6. The van der Waals surface area contributed by atoms with Gasteiger partial charge in [-0.05, 0) is 43.2 Å². The van der Waals surface area contributed by atoms with E-state index in [0.717, 1.165) is 17.2 Å². The van der Waals surface area contributed by atoms with Crippen LogP contribution in [0.1, 0.15) is 31.8 Å². The number of methoxy groups -OCH3 is 1. The third kappa shape index (κ3) is 4.20. The van der Waals surface area contributed by atoms with Gasteiger partial charge in [0.15, 0.2) is 18.1 Å². The minimum absolute atomic E-state index is 0.0297. The first-order valence-corrected chi connectivity index (χ1v) is 7.43. The predicted octanol–water partition coefficient (Wildman–Crippen LogP) is 3.26. The van der Waals surface area contributed by atoms with Crippen molar-refractivity contribution in [2.24, 2.45) is 0 Å². The lowest BCUT2D eigenvalue weighted by molar-refractivity contribution is -0.385. The Hall–Kier alpha value is -3.22. The number of aryl methyl sites for hydroxylation is 2. The molecule has 2 aromatic carbocycles. The first-order chi connectivity index (χ1) is 11.8. The minimum atomic E-state index is -0.694. The summed E-state index contributed by atoms with van der Waals surface area (Å²) in [4.78, 5) is 34.2. The molecule has 0 spiro atoms. The fourth-order valence-electron chi connectivity index (χ4n) is 2.17. The number of Topliss-reactive ketones (excluding diaryl/α,β-unsaturated/α-hetero) is 1. The van der Waals surface area contributed by atoms with Gasteiger partial charge in [-0.1, -0.05) is 12.1 Å². The maximum Gasteiger partial charge on any atom is 0.338 e. The molecule has 0 heterocycles. The lowest BCUT2D eigenvalue weighted by Gasteiger charge is -2.08. The van der Waals surface area contributed by atoms with Crippen molar-refractivity contribution in [3.8, 4) is 5.75 Å². The average molecular weight is 343 g/mol. The Morgan fingerprint density at radius 2 is 1.72 bits per heavy atom. The summed E-state index contributed by atoms with van der Waals surface area (Å²) in [5.41, 5.74) is 2.13. The molecular formula is C18H17NO6. The molecule has 2 aromatic rings. The van der Waals surface area contributed by atoms with Crippen molar-refractivity contribution in [3.63, 3.8) is 0 Å². The second kappa shape index (κ2) is 7.57. The Balaban J connectivity index is 2.19. The van der Waals surface area contributed by atoms with Gasteiger partial charge in [-0.15, -0.1) is 0 Å². The largest absolute Gasteiger partial charge is 0.478 e. The van der Waals surface area contributed by atoms with Crippen molar-refractivity contribution < 1.29 is 24.0 Å². The molecule has 7 heteroatoms. The highest BCUT2D eigenvalue weighted by Crippen LogP contribution is 2.28. The van der Waals surface area contributed by atoms with Crippen molar-refractivity contribution in [1.29, 1.82) is 0 Å². The maximum atomic E-state index is 12.2. The highest BCUT2D eigenvalue weighted by atomic mass is 16.6. The van der Waals surface area contributed by atoms with E-state index in [2.05, 4.69) is 4.74 Å². The summed E-state index contributed by atoms with van der Waals surface area (Å²) in [5, 5.41) is 11.2. The van der Waals surface area contributed by atoms with E-state index in [0.29, 0.717) is 5.56 Å². The van der Waals surface area contributed by atoms with E-state index in [1.807, 2.05) is 19.9 Å². The molecule has 0 bridgehead atoms. The van der Waals surface area contributed by atoms with Crippen LogP contribution >= 0.6 is 0 Å². The molecule has 7 nitrogen and oxygen atoms in total. The predicted molar refractivity (Wildman–Crippen MR) is 90.2 cm³/mol. The molecule has 0 atom stereocenters. The average Bonchev–Trinajstić information content (AvgIpc) is 2.61. The molecule has 0 N–H and O–H groups in total. The SMILES string of the molecule is COC(=O)c1ccc(OCC(=O)c2ccc(C)c(C)c2)c([N+](=O)[O-])c1. The van der Waals surface area contributed by atoms with E-state index in [1.165, 1.54) is 19.2 Å². The van der Waals surface area contributed by atoms with Crippen molar-refractivity contribution in [2.45, 2.75) is 13.8 Å². The van der Waals surface area contributed by atoms with Gasteiger partial charge in [-0.2, -0.15) is 0 Å². The van der Waals surface area contributed by atoms with Crippen LogP contribution in [0.3, 0.4) is 0 Å². The summed E-state index contributed by atoms with van der Waals surface area (Å²) in [7, 11) is 1.18. The molecule has 0 aliphatic heterocycles. The van der Waals surface area contributed by atoms with Crippen molar-refractivity contribution in [2.75, 3.05) is 13.7 Å². The lowest BCUT2D eigenvalue weighted by atomic mass is 10.0. The number of benzene rings is 2.